The van der Waals surface area contributed by atoms with Crippen LogP contribution in [0.2, 0.25) is 0 Å². The molecule has 0 N–H and O–H groups in total. The summed E-state index contributed by atoms with van der Waals surface area (Å²) in [7, 11) is 0. The molecule has 16 heavy (non-hydrogen) atoms. The molecule has 0 saturated carbocycles. The van der Waals surface area contributed by atoms with Crippen molar-refractivity contribution in [3.05, 3.63) is 30.2 Å². The first-order chi connectivity index (χ1) is 7.74. The second-order valence-corrected chi connectivity index (χ2v) is 4.91. The maximum absolute atomic E-state index is 4.55. The number of fused-ring (bicyclic) bond motifs is 2. The number of aromatic nitrogens is 2. The molecule has 3 heteroatoms. The van der Waals surface area contributed by atoms with Crippen LogP contribution in [0.4, 0.5) is 5.82 Å². The molecule has 3 rings (SSSR count). The molecule has 3 nitrogen and oxygen atoms in total. The van der Waals surface area contributed by atoms with Crippen LogP contribution < -0.4 is 4.90 Å². The second kappa shape index (κ2) is 3.58. The van der Waals surface area contributed by atoms with Crippen LogP contribution in [0.3, 0.4) is 0 Å². The van der Waals surface area contributed by atoms with Crippen LogP contribution in [0.15, 0.2) is 24.4 Å². The van der Waals surface area contributed by atoms with Crippen LogP contribution in [-0.2, 0) is 0 Å². The molecule has 2 bridgehead atoms. The van der Waals surface area contributed by atoms with Gasteiger partial charge >= 0.3 is 0 Å². The first kappa shape index (κ1) is 9.82. The van der Waals surface area contributed by atoms with Crippen LogP contribution in [0.1, 0.15) is 31.5 Å². The zero-order chi connectivity index (χ0) is 11.1. The lowest BCUT2D eigenvalue weighted by molar-refractivity contribution is 0.545. The molecule has 0 amide bonds. The fraction of sp³-hybridized carbons (Fsp3) is 0.538. The Bertz CT molecular complexity index is 411. The van der Waals surface area contributed by atoms with Crippen molar-refractivity contribution in [1.29, 1.82) is 0 Å². The second-order valence-electron chi connectivity index (χ2n) is 4.91. The lowest BCUT2D eigenvalue weighted by Gasteiger charge is -2.36. The molecule has 0 radical (unpaired) electrons. The quantitative estimate of drug-likeness (QED) is 0.674. The maximum atomic E-state index is 4.55. The summed E-state index contributed by atoms with van der Waals surface area (Å²) < 4.78 is 0. The van der Waals surface area contributed by atoms with Gasteiger partial charge in [-0.25, -0.2) is 9.97 Å². The van der Waals surface area contributed by atoms with Crippen LogP contribution in [0.25, 0.3) is 0 Å². The lowest BCUT2D eigenvalue weighted by Crippen LogP contribution is -2.41. The van der Waals surface area contributed by atoms with Crippen molar-refractivity contribution in [3.63, 3.8) is 0 Å². The zero-order valence-corrected chi connectivity index (χ0v) is 9.69. The fourth-order valence-electron chi connectivity index (χ4n) is 3.07. The van der Waals surface area contributed by atoms with E-state index >= 15 is 0 Å². The van der Waals surface area contributed by atoms with Crippen LogP contribution >= 0.6 is 0 Å². The molecule has 3 heterocycles. The summed E-state index contributed by atoms with van der Waals surface area (Å²) in [5.41, 5.74) is 1.41. The first-order valence-corrected chi connectivity index (χ1v) is 5.98. The minimum Gasteiger partial charge on any atom is -0.350 e. The predicted molar refractivity (Wildman–Crippen MR) is 64.4 cm³/mol. The first-order valence-electron chi connectivity index (χ1n) is 5.98. The fourth-order valence-corrected chi connectivity index (χ4v) is 3.07. The highest BCUT2D eigenvalue weighted by Gasteiger charge is 2.38. The highest BCUT2D eigenvalue weighted by molar-refractivity contribution is 5.44. The zero-order valence-electron chi connectivity index (χ0n) is 9.69. The van der Waals surface area contributed by atoms with Gasteiger partial charge in [-0.05, 0) is 38.7 Å². The molecule has 1 aromatic heterocycles. The monoisotopic (exact) mass is 215 g/mol. The molecule has 0 aliphatic carbocycles. The van der Waals surface area contributed by atoms with E-state index in [1.807, 2.05) is 19.2 Å². The largest absolute Gasteiger partial charge is 0.350 e. The number of aryl methyl sites for hydroxylation is 1. The predicted octanol–water partition coefficient (Wildman–Crippen LogP) is 2.47. The number of hydrogen-bond donors (Lipinski definition) is 0. The maximum Gasteiger partial charge on any atom is 0.132 e. The molecule has 2 aliphatic heterocycles. The van der Waals surface area contributed by atoms with Gasteiger partial charge in [0.2, 0.25) is 0 Å². The summed E-state index contributed by atoms with van der Waals surface area (Å²) >= 11 is 0. The van der Waals surface area contributed by atoms with Crippen molar-refractivity contribution in [2.24, 2.45) is 0 Å². The van der Waals surface area contributed by atoms with E-state index in [1.54, 1.807) is 0 Å². The third kappa shape index (κ3) is 1.51. The molecule has 1 aromatic rings. The van der Waals surface area contributed by atoms with Gasteiger partial charge in [-0.1, -0.05) is 12.2 Å². The van der Waals surface area contributed by atoms with Crippen LogP contribution in [-0.4, -0.2) is 22.1 Å². The van der Waals surface area contributed by atoms with Gasteiger partial charge in [0, 0.05) is 18.3 Å². The molecular formula is C13H17N3. The van der Waals surface area contributed by atoms with Crippen LogP contribution in [0.5, 0.6) is 0 Å². The molecule has 2 aliphatic rings. The third-order valence-corrected chi connectivity index (χ3v) is 3.69. The van der Waals surface area contributed by atoms with Gasteiger partial charge < -0.3 is 4.90 Å². The Morgan fingerprint density at radius 1 is 1.31 bits per heavy atom. The number of anilines is 1. The van der Waals surface area contributed by atoms with Gasteiger partial charge in [0.15, 0.2) is 0 Å². The van der Waals surface area contributed by atoms with Crippen LogP contribution in [0, 0.1) is 6.92 Å². The van der Waals surface area contributed by atoms with E-state index in [0.29, 0.717) is 12.1 Å². The minimum absolute atomic E-state index is 0.626. The number of rotatable bonds is 1. The molecule has 2 saturated heterocycles. The van der Waals surface area contributed by atoms with E-state index < -0.39 is 0 Å². The van der Waals surface area contributed by atoms with Gasteiger partial charge in [0.25, 0.3) is 0 Å². The van der Waals surface area contributed by atoms with Crippen molar-refractivity contribution in [3.8, 4) is 0 Å². The van der Waals surface area contributed by atoms with E-state index in [0.717, 1.165) is 24.5 Å². The van der Waals surface area contributed by atoms with E-state index in [1.165, 1.54) is 18.4 Å². The van der Waals surface area contributed by atoms with E-state index in [-0.39, 0.29) is 0 Å². The summed E-state index contributed by atoms with van der Waals surface area (Å²) in [4.78, 5) is 11.2. The average Bonchev–Trinajstić information content (AvgIpc) is 2.51. The minimum atomic E-state index is 0.626. The molecule has 0 spiro atoms. The average molecular weight is 215 g/mol. The molecule has 2 fully saturated rings. The van der Waals surface area contributed by atoms with Gasteiger partial charge in [0.05, 0.1) is 0 Å². The summed E-state index contributed by atoms with van der Waals surface area (Å²) in [6, 6.07) is 3.29. The summed E-state index contributed by atoms with van der Waals surface area (Å²) in [6.45, 7) is 6.09. The Morgan fingerprint density at radius 3 is 2.62 bits per heavy atom. The highest BCUT2D eigenvalue weighted by atomic mass is 15.3. The molecule has 0 aromatic carbocycles. The van der Waals surface area contributed by atoms with E-state index in [9.17, 15) is 0 Å². The SMILES string of the molecule is C=C1CC2CCC(C1)N2c1ccnc(C)n1. The van der Waals surface area contributed by atoms with Gasteiger partial charge in [-0.2, -0.15) is 0 Å². The van der Waals surface area contributed by atoms with Gasteiger partial charge in [0.1, 0.15) is 11.6 Å². The van der Waals surface area contributed by atoms with Gasteiger partial charge in [-0.3, -0.25) is 0 Å². The molecule has 2 atom stereocenters. The van der Waals surface area contributed by atoms with Crippen molar-refractivity contribution in [2.75, 3.05) is 4.90 Å². The normalized spacial score (nSPS) is 28.6. The third-order valence-electron chi connectivity index (χ3n) is 3.69. The summed E-state index contributed by atoms with van der Waals surface area (Å²) in [5.74, 6) is 1.97. The van der Waals surface area contributed by atoms with Crippen molar-refractivity contribution >= 4 is 5.82 Å². The molecule has 84 valence electrons. The Balaban J connectivity index is 1.94. The summed E-state index contributed by atoms with van der Waals surface area (Å²) in [5, 5.41) is 0. The number of piperidine rings is 1. The van der Waals surface area contributed by atoms with Crippen molar-refractivity contribution < 1.29 is 0 Å². The summed E-state index contributed by atoms with van der Waals surface area (Å²) in [6.07, 6.45) is 6.71. The topological polar surface area (TPSA) is 29.0 Å². The highest BCUT2D eigenvalue weighted by Crippen LogP contribution is 2.39. The Labute approximate surface area is 96.2 Å². The number of nitrogens with zero attached hydrogens (tertiary/aromatic N) is 3. The lowest BCUT2D eigenvalue weighted by atomic mass is 9.98. The van der Waals surface area contributed by atoms with Crippen molar-refractivity contribution in [2.45, 2.75) is 44.7 Å². The molecule has 2 unspecified atom stereocenters. The van der Waals surface area contributed by atoms with Gasteiger partial charge in [-0.15, -0.1) is 0 Å². The molecular weight excluding hydrogens is 198 g/mol. The Kier molecular flexibility index (Phi) is 2.20. The van der Waals surface area contributed by atoms with E-state index in [2.05, 4.69) is 21.4 Å². The number of hydrogen-bond acceptors (Lipinski definition) is 3. The standard InChI is InChI=1S/C13H17N3/c1-9-7-11-3-4-12(8-9)16(11)13-5-6-14-10(2)15-13/h5-6,11-12H,1,3-4,7-8H2,2H3. The van der Waals surface area contributed by atoms with Crippen molar-refractivity contribution in [1.82, 2.24) is 9.97 Å². The van der Waals surface area contributed by atoms with E-state index in [4.69, 9.17) is 0 Å². The Morgan fingerprint density at radius 2 is 2.00 bits per heavy atom. The Hall–Kier alpha value is -1.38. The smallest absolute Gasteiger partial charge is 0.132 e.